The Morgan fingerprint density at radius 1 is 1.40 bits per heavy atom. The van der Waals surface area contributed by atoms with Crippen molar-refractivity contribution >= 4 is 0 Å². The minimum atomic E-state index is 1.10. The van der Waals surface area contributed by atoms with Gasteiger partial charge in [-0.2, -0.15) is 0 Å². The Hall–Kier alpha value is -0.780. The first kappa shape index (κ1) is 9.22. The molecule has 0 aliphatic rings. The summed E-state index contributed by atoms with van der Waals surface area (Å²) in [5.41, 5.74) is 2.39. The molecule has 0 fully saturated rings. The van der Waals surface area contributed by atoms with E-state index in [1.54, 1.807) is 0 Å². The fraction of sp³-hybridized carbons (Fsp3) is 0.400. The van der Waals surface area contributed by atoms with Crippen molar-refractivity contribution < 1.29 is 0 Å². The highest BCUT2D eigenvalue weighted by atomic mass is 13.9. The van der Waals surface area contributed by atoms with Crippen LogP contribution in [-0.4, -0.2) is 0 Å². The van der Waals surface area contributed by atoms with Gasteiger partial charge in [0.2, 0.25) is 0 Å². The largest absolute Gasteiger partial charge is 0.0958 e. The summed E-state index contributed by atoms with van der Waals surface area (Å²) >= 11 is 0. The molecule has 0 aliphatic carbocycles. The van der Waals surface area contributed by atoms with Crippen LogP contribution < -0.4 is 0 Å². The van der Waals surface area contributed by atoms with E-state index < -0.39 is 0 Å². The SMILES string of the molecule is C=C(C)/C(C)=C\C=C/CC. The van der Waals surface area contributed by atoms with Crippen LogP contribution in [0.4, 0.5) is 0 Å². The molecule has 0 amide bonds. The van der Waals surface area contributed by atoms with E-state index in [-0.39, 0.29) is 0 Å². The van der Waals surface area contributed by atoms with Crippen molar-refractivity contribution in [1.82, 2.24) is 0 Å². The molecular weight excluding hydrogens is 120 g/mol. The van der Waals surface area contributed by atoms with E-state index in [1.807, 2.05) is 6.92 Å². The Balaban J connectivity index is 3.92. The van der Waals surface area contributed by atoms with Gasteiger partial charge in [0, 0.05) is 0 Å². The second-order valence-electron chi connectivity index (χ2n) is 2.47. The lowest BCUT2D eigenvalue weighted by Gasteiger charge is -1.93. The van der Waals surface area contributed by atoms with Crippen molar-refractivity contribution in [3.05, 3.63) is 36.0 Å². The molecule has 0 atom stereocenters. The predicted octanol–water partition coefficient (Wildman–Crippen LogP) is 3.48. The molecule has 0 saturated carbocycles. The quantitative estimate of drug-likeness (QED) is 0.521. The van der Waals surface area contributed by atoms with Crippen LogP contribution >= 0.6 is 0 Å². The Kier molecular flexibility index (Phi) is 4.65. The summed E-state index contributed by atoms with van der Waals surface area (Å²) in [5, 5.41) is 0. The van der Waals surface area contributed by atoms with E-state index in [0.717, 1.165) is 12.0 Å². The van der Waals surface area contributed by atoms with E-state index in [4.69, 9.17) is 0 Å². The Morgan fingerprint density at radius 3 is 2.40 bits per heavy atom. The minimum absolute atomic E-state index is 1.10. The molecule has 0 saturated heterocycles. The van der Waals surface area contributed by atoms with Crippen molar-refractivity contribution in [2.75, 3.05) is 0 Å². The molecule has 0 rings (SSSR count). The molecule has 0 unspecified atom stereocenters. The molecule has 0 heteroatoms. The van der Waals surface area contributed by atoms with E-state index in [1.165, 1.54) is 5.57 Å². The Labute approximate surface area is 64.0 Å². The minimum Gasteiger partial charge on any atom is -0.0958 e. The number of rotatable bonds is 3. The molecule has 0 bridgehead atoms. The van der Waals surface area contributed by atoms with Crippen molar-refractivity contribution in [1.29, 1.82) is 0 Å². The van der Waals surface area contributed by atoms with Gasteiger partial charge < -0.3 is 0 Å². The molecule has 0 heterocycles. The second-order valence-corrected chi connectivity index (χ2v) is 2.47. The number of hydrogen-bond acceptors (Lipinski definition) is 0. The monoisotopic (exact) mass is 136 g/mol. The fourth-order valence-electron chi connectivity index (χ4n) is 0.491. The van der Waals surface area contributed by atoms with Gasteiger partial charge in [0.1, 0.15) is 0 Å². The van der Waals surface area contributed by atoms with Gasteiger partial charge in [-0.25, -0.2) is 0 Å². The van der Waals surface area contributed by atoms with E-state index in [2.05, 4.69) is 38.7 Å². The predicted molar refractivity (Wildman–Crippen MR) is 48.0 cm³/mol. The third-order valence-corrected chi connectivity index (χ3v) is 1.39. The maximum Gasteiger partial charge on any atom is -0.0376 e. The van der Waals surface area contributed by atoms with Crippen molar-refractivity contribution in [2.24, 2.45) is 0 Å². The molecule has 0 N–H and O–H groups in total. The smallest absolute Gasteiger partial charge is 0.0376 e. The lowest BCUT2D eigenvalue weighted by atomic mass is 10.1. The zero-order valence-electron chi connectivity index (χ0n) is 7.15. The maximum absolute atomic E-state index is 3.83. The zero-order chi connectivity index (χ0) is 7.98. The average Bonchev–Trinajstić information content (AvgIpc) is 1.88. The lowest BCUT2D eigenvalue weighted by molar-refractivity contribution is 1.22. The summed E-state index contributed by atoms with van der Waals surface area (Å²) in [5.74, 6) is 0. The molecule has 0 spiro atoms. The first-order chi connectivity index (χ1) is 4.68. The van der Waals surface area contributed by atoms with Crippen molar-refractivity contribution in [2.45, 2.75) is 27.2 Å². The molecule has 0 aromatic carbocycles. The van der Waals surface area contributed by atoms with E-state index in [0.29, 0.717) is 0 Å². The summed E-state index contributed by atoms with van der Waals surface area (Å²) in [7, 11) is 0. The van der Waals surface area contributed by atoms with Gasteiger partial charge >= 0.3 is 0 Å². The molecule has 10 heavy (non-hydrogen) atoms. The lowest BCUT2D eigenvalue weighted by Crippen LogP contribution is -1.73. The van der Waals surface area contributed by atoms with Gasteiger partial charge in [-0.1, -0.05) is 37.3 Å². The van der Waals surface area contributed by atoms with Crippen LogP contribution in [0.5, 0.6) is 0 Å². The first-order valence-electron chi connectivity index (χ1n) is 3.67. The van der Waals surface area contributed by atoms with Crippen LogP contribution in [0.15, 0.2) is 36.0 Å². The molecule has 0 nitrogen and oxygen atoms in total. The fourth-order valence-corrected chi connectivity index (χ4v) is 0.491. The molecule has 0 aromatic heterocycles. The Bertz CT molecular complexity index is 159. The normalized spacial score (nSPS) is 12.5. The number of allylic oxidation sites excluding steroid dienone is 5. The summed E-state index contributed by atoms with van der Waals surface area (Å²) in [6.45, 7) is 10.0. The zero-order valence-corrected chi connectivity index (χ0v) is 7.15. The third kappa shape index (κ3) is 4.13. The highest BCUT2D eigenvalue weighted by Gasteiger charge is 1.83. The number of hydrogen-bond donors (Lipinski definition) is 0. The van der Waals surface area contributed by atoms with E-state index in [9.17, 15) is 0 Å². The van der Waals surface area contributed by atoms with Crippen LogP contribution in [0.2, 0.25) is 0 Å². The maximum atomic E-state index is 3.83. The van der Waals surface area contributed by atoms with E-state index >= 15 is 0 Å². The highest BCUT2D eigenvalue weighted by Crippen LogP contribution is 2.04. The Morgan fingerprint density at radius 2 is 2.00 bits per heavy atom. The van der Waals surface area contributed by atoms with Crippen molar-refractivity contribution in [3.8, 4) is 0 Å². The van der Waals surface area contributed by atoms with Gasteiger partial charge in [-0.05, 0) is 25.8 Å². The molecule has 0 radical (unpaired) electrons. The van der Waals surface area contributed by atoms with Crippen LogP contribution in [0.3, 0.4) is 0 Å². The summed E-state index contributed by atoms with van der Waals surface area (Å²) in [6, 6.07) is 0. The van der Waals surface area contributed by atoms with Crippen LogP contribution in [0, 0.1) is 0 Å². The van der Waals surface area contributed by atoms with Gasteiger partial charge in [-0.15, -0.1) is 0 Å². The van der Waals surface area contributed by atoms with Crippen LogP contribution in [0.25, 0.3) is 0 Å². The third-order valence-electron chi connectivity index (χ3n) is 1.39. The molecule has 56 valence electrons. The van der Waals surface area contributed by atoms with Gasteiger partial charge in [-0.3, -0.25) is 0 Å². The molecule has 0 aliphatic heterocycles. The first-order valence-corrected chi connectivity index (χ1v) is 3.67. The molecule has 0 aromatic rings. The van der Waals surface area contributed by atoms with Crippen LogP contribution in [0.1, 0.15) is 27.2 Å². The van der Waals surface area contributed by atoms with Crippen molar-refractivity contribution in [3.63, 3.8) is 0 Å². The molecular formula is C10H16. The summed E-state index contributed by atoms with van der Waals surface area (Å²) < 4.78 is 0. The second kappa shape index (κ2) is 5.04. The van der Waals surface area contributed by atoms with Crippen LogP contribution in [-0.2, 0) is 0 Å². The summed E-state index contributed by atoms with van der Waals surface area (Å²) in [6.07, 6.45) is 7.39. The topological polar surface area (TPSA) is 0 Å². The summed E-state index contributed by atoms with van der Waals surface area (Å²) in [4.78, 5) is 0. The van der Waals surface area contributed by atoms with Gasteiger partial charge in [0.05, 0.1) is 0 Å². The van der Waals surface area contributed by atoms with Gasteiger partial charge in [0.25, 0.3) is 0 Å². The van der Waals surface area contributed by atoms with Gasteiger partial charge in [0.15, 0.2) is 0 Å². The average molecular weight is 136 g/mol. The highest BCUT2D eigenvalue weighted by molar-refractivity contribution is 5.27. The standard InChI is InChI=1S/C10H16/c1-5-6-7-8-10(4)9(2)3/h6-8H,2,5H2,1,3-4H3/b7-6-,10-8-.